The highest BCUT2D eigenvalue weighted by Crippen LogP contribution is 2.27. The van der Waals surface area contributed by atoms with Gasteiger partial charge in [-0.25, -0.2) is 5.43 Å². The van der Waals surface area contributed by atoms with Crippen molar-refractivity contribution in [3.63, 3.8) is 0 Å². The molecular weight excluding hydrogens is 347 g/mol. The SMILES string of the molecule is O=C(CCOc1ccc(Cl)cc1Cl)NN=CC=Cc1ccccc1. The maximum Gasteiger partial charge on any atom is 0.243 e. The molecule has 1 N–H and O–H groups in total. The molecule has 124 valence electrons. The molecule has 0 saturated carbocycles. The number of hydrogen-bond donors (Lipinski definition) is 1. The fourth-order valence-electron chi connectivity index (χ4n) is 1.77. The normalized spacial score (nSPS) is 11.1. The second-order valence-corrected chi connectivity index (χ2v) is 5.60. The van der Waals surface area contributed by atoms with Gasteiger partial charge < -0.3 is 4.74 Å². The number of carbonyl (C=O) groups excluding carboxylic acids is 1. The molecule has 0 fully saturated rings. The summed E-state index contributed by atoms with van der Waals surface area (Å²) in [4.78, 5) is 11.6. The fourth-order valence-corrected chi connectivity index (χ4v) is 2.24. The van der Waals surface area contributed by atoms with Crippen LogP contribution in [0.3, 0.4) is 0 Å². The van der Waals surface area contributed by atoms with E-state index in [0.717, 1.165) is 5.56 Å². The highest BCUT2D eigenvalue weighted by molar-refractivity contribution is 6.35. The third kappa shape index (κ3) is 6.44. The molecule has 0 aromatic heterocycles. The molecule has 0 aliphatic heterocycles. The predicted octanol–water partition coefficient (Wildman–Crippen LogP) is 4.58. The molecule has 24 heavy (non-hydrogen) atoms. The van der Waals surface area contributed by atoms with Crippen LogP contribution in [0.4, 0.5) is 0 Å². The summed E-state index contributed by atoms with van der Waals surface area (Å²) in [6, 6.07) is 14.7. The number of nitrogens with zero attached hydrogens (tertiary/aromatic N) is 1. The number of rotatable bonds is 7. The Kier molecular flexibility index (Phi) is 7.33. The Bertz CT molecular complexity index is 731. The summed E-state index contributed by atoms with van der Waals surface area (Å²) in [7, 11) is 0. The summed E-state index contributed by atoms with van der Waals surface area (Å²) in [6.07, 6.45) is 5.32. The van der Waals surface area contributed by atoms with E-state index < -0.39 is 0 Å². The first-order chi connectivity index (χ1) is 11.6. The molecule has 2 aromatic rings. The summed E-state index contributed by atoms with van der Waals surface area (Å²) in [5.74, 6) is 0.243. The topological polar surface area (TPSA) is 50.7 Å². The van der Waals surface area contributed by atoms with Gasteiger partial charge in [-0.3, -0.25) is 4.79 Å². The van der Waals surface area contributed by atoms with Crippen LogP contribution in [-0.2, 0) is 4.79 Å². The molecule has 0 heterocycles. The van der Waals surface area contributed by atoms with Crippen molar-refractivity contribution >= 4 is 41.4 Å². The lowest BCUT2D eigenvalue weighted by atomic mass is 10.2. The number of amides is 1. The van der Waals surface area contributed by atoms with Crippen molar-refractivity contribution in [2.24, 2.45) is 5.10 Å². The summed E-state index contributed by atoms with van der Waals surface area (Å²) in [5, 5.41) is 4.77. The van der Waals surface area contributed by atoms with E-state index in [4.69, 9.17) is 27.9 Å². The predicted molar refractivity (Wildman–Crippen MR) is 98.7 cm³/mol. The minimum atomic E-state index is -0.246. The molecule has 1 amide bonds. The van der Waals surface area contributed by atoms with E-state index in [1.165, 1.54) is 6.21 Å². The van der Waals surface area contributed by atoms with Crippen LogP contribution in [-0.4, -0.2) is 18.7 Å². The van der Waals surface area contributed by atoms with E-state index in [0.29, 0.717) is 15.8 Å². The zero-order valence-corrected chi connectivity index (χ0v) is 14.3. The van der Waals surface area contributed by atoms with Crippen molar-refractivity contribution in [3.05, 3.63) is 70.2 Å². The number of hydrazone groups is 1. The summed E-state index contributed by atoms with van der Waals surface area (Å²) < 4.78 is 5.43. The Morgan fingerprint density at radius 1 is 1.17 bits per heavy atom. The number of benzene rings is 2. The van der Waals surface area contributed by atoms with Crippen LogP contribution in [0.5, 0.6) is 5.75 Å². The Hall–Kier alpha value is -2.30. The van der Waals surface area contributed by atoms with Gasteiger partial charge in [0.1, 0.15) is 5.75 Å². The van der Waals surface area contributed by atoms with Crippen LogP contribution in [0, 0.1) is 0 Å². The van der Waals surface area contributed by atoms with Crippen molar-refractivity contribution in [3.8, 4) is 5.75 Å². The van der Waals surface area contributed by atoms with Crippen molar-refractivity contribution in [2.45, 2.75) is 6.42 Å². The van der Waals surface area contributed by atoms with Crippen LogP contribution in [0.1, 0.15) is 12.0 Å². The maximum atomic E-state index is 11.6. The minimum Gasteiger partial charge on any atom is -0.491 e. The van der Waals surface area contributed by atoms with Gasteiger partial charge in [-0.05, 0) is 29.8 Å². The molecule has 0 unspecified atom stereocenters. The van der Waals surface area contributed by atoms with Gasteiger partial charge in [0.2, 0.25) is 5.91 Å². The molecule has 4 nitrogen and oxygen atoms in total. The summed E-state index contributed by atoms with van der Waals surface area (Å²) in [6.45, 7) is 0.197. The van der Waals surface area contributed by atoms with E-state index in [1.807, 2.05) is 36.4 Å². The summed E-state index contributed by atoms with van der Waals surface area (Å²) in [5.41, 5.74) is 3.48. The van der Waals surface area contributed by atoms with Crippen LogP contribution >= 0.6 is 23.2 Å². The number of carbonyl (C=O) groups is 1. The zero-order valence-electron chi connectivity index (χ0n) is 12.8. The van der Waals surface area contributed by atoms with Gasteiger partial charge in [0.15, 0.2) is 0 Å². The third-order valence-electron chi connectivity index (χ3n) is 2.92. The van der Waals surface area contributed by atoms with E-state index in [-0.39, 0.29) is 18.9 Å². The third-order valence-corrected chi connectivity index (χ3v) is 3.45. The Balaban J connectivity index is 1.68. The molecule has 0 saturated heterocycles. The van der Waals surface area contributed by atoms with E-state index in [1.54, 1.807) is 24.3 Å². The lowest BCUT2D eigenvalue weighted by molar-refractivity contribution is -0.121. The monoisotopic (exact) mass is 362 g/mol. The number of allylic oxidation sites excluding steroid dienone is 1. The van der Waals surface area contributed by atoms with Crippen molar-refractivity contribution < 1.29 is 9.53 Å². The Labute approximate surface area is 150 Å². The largest absolute Gasteiger partial charge is 0.491 e. The molecule has 0 spiro atoms. The molecule has 0 aliphatic rings. The van der Waals surface area contributed by atoms with Gasteiger partial charge in [0.25, 0.3) is 0 Å². The Morgan fingerprint density at radius 2 is 1.96 bits per heavy atom. The van der Waals surface area contributed by atoms with E-state index in [9.17, 15) is 4.79 Å². The van der Waals surface area contributed by atoms with Gasteiger partial charge in [-0.1, -0.05) is 59.6 Å². The average Bonchev–Trinajstić information content (AvgIpc) is 2.57. The molecule has 0 bridgehead atoms. The second kappa shape index (κ2) is 9.75. The van der Waals surface area contributed by atoms with Crippen LogP contribution < -0.4 is 10.2 Å². The van der Waals surface area contributed by atoms with Crippen LogP contribution in [0.25, 0.3) is 6.08 Å². The van der Waals surface area contributed by atoms with Crippen LogP contribution in [0.15, 0.2) is 59.7 Å². The molecule has 0 atom stereocenters. The van der Waals surface area contributed by atoms with Gasteiger partial charge in [0.05, 0.1) is 18.1 Å². The van der Waals surface area contributed by atoms with Crippen LogP contribution in [0.2, 0.25) is 10.0 Å². The minimum absolute atomic E-state index is 0.165. The smallest absolute Gasteiger partial charge is 0.243 e. The molecule has 6 heteroatoms. The van der Waals surface area contributed by atoms with Gasteiger partial charge in [-0.15, -0.1) is 0 Å². The summed E-state index contributed by atoms with van der Waals surface area (Å²) >= 11 is 11.8. The standard InChI is InChI=1S/C18H16Cl2N2O2/c19-15-8-9-17(16(20)13-15)24-12-10-18(23)22-21-11-4-7-14-5-2-1-3-6-14/h1-9,11,13H,10,12H2,(H,22,23). The molecule has 2 aromatic carbocycles. The number of ether oxygens (including phenoxy) is 1. The van der Waals surface area contributed by atoms with Crippen molar-refractivity contribution in [1.82, 2.24) is 5.43 Å². The molecular formula is C18H16Cl2N2O2. The van der Waals surface area contributed by atoms with Gasteiger partial charge >= 0.3 is 0 Å². The van der Waals surface area contributed by atoms with E-state index >= 15 is 0 Å². The first kappa shape index (κ1) is 18.0. The maximum absolute atomic E-state index is 11.6. The number of halogens is 2. The van der Waals surface area contributed by atoms with E-state index in [2.05, 4.69) is 10.5 Å². The fraction of sp³-hybridized carbons (Fsp3) is 0.111. The molecule has 0 radical (unpaired) electrons. The van der Waals surface area contributed by atoms with Gasteiger partial charge in [-0.2, -0.15) is 5.10 Å². The number of hydrogen-bond acceptors (Lipinski definition) is 3. The molecule has 0 aliphatic carbocycles. The molecule has 2 rings (SSSR count). The highest BCUT2D eigenvalue weighted by Gasteiger charge is 2.04. The van der Waals surface area contributed by atoms with Gasteiger partial charge in [0, 0.05) is 11.2 Å². The Morgan fingerprint density at radius 3 is 2.71 bits per heavy atom. The average molecular weight is 363 g/mol. The first-order valence-electron chi connectivity index (χ1n) is 7.26. The lowest BCUT2D eigenvalue weighted by Crippen LogP contribution is -2.19. The quantitative estimate of drug-likeness (QED) is 0.578. The highest BCUT2D eigenvalue weighted by atomic mass is 35.5. The van der Waals surface area contributed by atoms with Crippen molar-refractivity contribution in [1.29, 1.82) is 0 Å². The zero-order chi connectivity index (χ0) is 17.2. The number of nitrogens with one attached hydrogen (secondary N) is 1. The lowest BCUT2D eigenvalue weighted by Gasteiger charge is -2.07. The second-order valence-electron chi connectivity index (χ2n) is 4.76. The van der Waals surface area contributed by atoms with Crippen molar-refractivity contribution in [2.75, 3.05) is 6.61 Å². The first-order valence-corrected chi connectivity index (χ1v) is 8.02.